The molecular formula is C13H16F2N2O2. The van der Waals surface area contributed by atoms with Gasteiger partial charge in [0.05, 0.1) is 0 Å². The van der Waals surface area contributed by atoms with Crippen LogP contribution in [0.1, 0.15) is 23.2 Å². The number of rotatable bonds is 5. The van der Waals surface area contributed by atoms with Gasteiger partial charge in [-0.15, -0.1) is 0 Å². The highest BCUT2D eigenvalue weighted by molar-refractivity contribution is 5.94. The number of amides is 1. The summed E-state index contributed by atoms with van der Waals surface area (Å²) in [6.45, 7) is -2.33. The van der Waals surface area contributed by atoms with E-state index in [1.54, 1.807) is 6.07 Å². The Bertz CT molecular complexity index is 448. The van der Waals surface area contributed by atoms with Crippen molar-refractivity contribution in [3.8, 4) is 5.75 Å². The summed E-state index contributed by atoms with van der Waals surface area (Å²) in [4.78, 5) is 11.8. The minimum Gasteiger partial charge on any atom is -0.435 e. The number of benzene rings is 1. The number of nitrogens with one attached hydrogen (secondary N) is 1. The zero-order chi connectivity index (χ0) is 13.8. The van der Waals surface area contributed by atoms with Gasteiger partial charge in [0.1, 0.15) is 5.75 Å². The highest BCUT2D eigenvalue weighted by atomic mass is 19.3. The first kappa shape index (κ1) is 13.7. The van der Waals surface area contributed by atoms with Gasteiger partial charge in [-0.05, 0) is 37.0 Å². The summed E-state index contributed by atoms with van der Waals surface area (Å²) in [6, 6.07) is 5.98. The number of carbonyl (C=O) groups is 1. The number of ether oxygens (including phenoxy) is 1. The van der Waals surface area contributed by atoms with Gasteiger partial charge < -0.3 is 15.8 Å². The second kappa shape index (κ2) is 5.97. The van der Waals surface area contributed by atoms with Crippen molar-refractivity contribution in [1.82, 2.24) is 5.32 Å². The minimum atomic E-state index is -2.89. The molecule has 1 fully saturated rings. The first-order valence-corrected chi connectivity index (χ1v) is 6.13. The number of nitrogens with two attached hydrogens (primary N) is 1. The summed E-state index contributed by atoms with van der Waals surface area (Å²) >= 11 is 0. The second-order valence-corrected chi connectivity index (χ2v) is 4.71. The van der Waals surface area contributed by atoms with Gasteiger partial charge in [-0.2, -0.15) is 8.78 Å². The molecule has 0 radical (unpaired) electrons. The maximum Gasteiger partial charge on any atom is 0.387 e. The Kier molecular flexibility index (Phi) is 4.31. The number of alkyl halides is 2. The van der Waals surface area contributed by atoms with Crippen molar-refractivity contribution >= 4 is 5.91 Å². The summed E-state index contributed by atoms with van der Waals surface area (Å²) in [5, 5.41) is 2.76. The molecule has 2 rings (SSSR count). The molecule has 1 aliphatic carbocycles. The second-order valence-electron chi connectivity index (χ2n) is 4.71. The van der Waals surface area contributed by atoms with Gasteiger partial charge >= 0.3 is 6.61 Å². The van der Waals surface area contributed by atoms with Crippen LogP contribution in [0.15, 0.2) is 24.3 Å². The van der Waals surface area contributed by atoms with Gasteiger partial charge in [-0.25, -0.2) is 0 Å². The summed E-state index contributed by atoms with van der Waals surface area (Å²) < 4.78 is 28.4. The molecule has 0 atom stereocenters. The molecule has 1 saturated carbocycles. The van der Waals surface area contributed by atoms with E-state index in [9.17, 15) is 13.6 Å². The van der Waals surface area contributed by atoms with E-state index in [4.69, 9.17) is 5.73 Å². The third kappa shape index (κ3) is 3.89. The molecule has 3 N–H and O–H groups in total. The fraction of sp³-hybridized carbons (Fsp3) is 0.462. The molecule has 0 bridgehead atoms. The standard InChI is InChI=1S/C13H16F2N2O2/c14-13(15)19-11-3-1-2-9(6-11)12(18)17-7-8-4-10(16)5-8/h1-3,6,8,10,13H,4-5,7,16H2,(H,17,18). The van der Waals surface area contributed by atoms with Gasteiger partial charge in [0.15, 0.2) is 0 Å². The Morgan fingerprint density at radius 1 is 1.47 bits per heavy atom. The Labute approximate surface area is 109 Å². The zero-order valence-corrected chi connectivity index (χ0v) is 10.3. The molecule has 4 nitrogen and oxygen atoms in total. The summed E-state index contributed by atoms with van der Waals surface area (Å²) in [5.41, 5.74) is 5.96. The van der Waals surface area contributed by atoms with E-state index in [0.29, 0.717) is 18.0 Å². The molecule has 0 saturated heterocycles. The zero-order valence-electron chi connectivity index (χ0n) is 10.3. The molecule has 19 heavy (non-hydrogen) atoms. The quantitative estimate of drug-likeness (QED) is 0.856. The molecule has 0 spiro atoms. The lowest BCUT2D eigenvalue weighted by Gasteiger charge is -2.32. The average Bonchev–Trinajstić information content (AvgIpc) is 2.32. The predicted octanol–water partition coefficient (Wildman–Crippen LogP) is 1.76. The van der Waals surface area contributed by atoms with Crippen LogP contribution in [0.4, 0.5) is 8.78 Å². The van der Waals surface area contributed by atoms with Crippen molar-refractivity contribution in [2.24, 2.45) is 11.7 Å². The number of hydrogen-bond acceptors (Lipinski definition) is 3. The summed E-state index contributed by atoms with van der Waals surface area (Å²) in [6.07, 6.45) is 1.82. The van der Waals surface area contributed by atoms with Gasteiger partial charge in [0, 0.05) is 18.2 Å². The maximum atomic E-state index is 12.1. The predicted molar refractivity (Wildman–Crippen MR) is 66.1 cm³/mol. The van der Waals surface area contributed by atoms with Crippen LogP contribution in [0.2, 0.25) is 0 Å². The molecule has 6 heteroatoms. The van der Waals surface area contributed by atoms with Crippen molar-refractivity contribution < 1.29 is 18.3 Å². The van der Waals surface area contributed by atoms with Crippen LogP contribution >= 0.6 is 0 Å². The Morgan fingerprint density at radius 3 is 2.84 bits per heavy atom. The van der Waals surface area contributed by atoms with Crippen LogP contribution < -0.4 is 15.8 Å². The Balaban J connectivity index is 1.87. The van der Waals surface area contributed by atoms with Crippen LogP contribution in [-0.2, 0) is 0 Å². The molecule has 1 aromatic rings. The first-order valence-electron chi connectivity index (χ1n) is 6.13. The number of halogens is 2. The van der Waals surface area contributed by atoms with Crippen LogP contribution in [-0.4, -0.2) is 25.1 Å². The number of hydrogen-bond donors (Lipinski definition) is 2. The minimum absolute atomic E-state index is 0.0201. The molecule has 0 heterocycles. The van der Waals surface area contributed by atoms with Crippen LogP contribution in [0.5, 0.6) is 5.75 Å². The lowest BCUT2D eigenvalue weighted by Crippen LogP contribution is -2.42. The van der Waals surface area contributed by atoms with E-state index >= 15 is 0 Å². The molecule has 104 valence electrons. The van der Waals surface area contributed by atoms with Crippen molar-refractivity contribution in [2.45, 2.75) is 25.5 Å². The van der Waals surface area contributed by atoms with Gasteiger partial charge in [0.2, 0.25) is 0 Å². The highest BCUT2D eigenvalue weighted by Crippen LogP contribution is 2.24. The normalized spacial score (nSPS) is 21.9. The van der Waals surface area contributed by atoms with Crippen molar-refractivity contribution in [1.29, 1.82) is 0 Å². The molecule has 1 amide bonds. The van der Waals surface area contributed by atoms with E-state index in [1.165, 1.54) is 18.2 Å². The fourth-order valence-corrected chi connectivity index (χ4v) is 2.11. The third-order valence-electron chi connectivity index (χ3n) is 3.14. The highest BCUT2D eigenvalue weighted by Gasteiger charge is 2.26. The Hall–Kier alpha value is -1.69. The SMILES string of the molecule is NC1CC(CNC(=O)c2cccc(OC(F)F)c2)C1. The lowest BCUT2D eigenvalue weighted by molar-refractivity contribution is -0.0498. The average molecular weight is 270 g/mol. The van der Waals surface area contributed by atoms with E-state index < -0.39 is 6.61 Å². The number of carbonyl (C=O) groups excluding carboxylic acids is 1. The molecule has 0 unspecified atom stereocenters. The first-order chi connectivity index (χ1) is 9.04. The third-order valence-corrected chi connectivity index (χ3v) is 3.14. The van der Waals surface area contributed by atoms with Gasteiger partial charge in [-0.1, -0.05) is 6.07 Å². The van der Waals surface area contributed by atoms with Gasteiger partial charge in [0.25, 0.3) is 5.91 Å². The smallest absolute Gasteiger partial charge is 0.387 e. The van der Waals surface area contributed by atoms with E-state index in [1.807, 2.05) is 0 Å². The van der Waals surface area contributed by atoms with Crippen molar-refractivity contribution in [2.75, 3.05) is 6.54 Å². The van der Waals surface area contributed by atoms with Gasteiger partial charge in [-0.3, -0.25) is 4.79 Å². The van der Waals surface area contributed by atoms with Crippen LogP contribution in [0.3, 0.4) is 0 Å². The molecule has 0 aliphatic heterocycles. The summed E-state index contributed by atoms with van der Waals surface area (Å²) in [7, 11) is 0. The topological polar surface area (TPSA) is 64.3 Å². The molecule has 0 aromatic heterocycles. The largest absolute Gasteiger partial charge is 0.435 e. The van der Waals surface area contributed by atoms with E-state index in [2.05, 4.69) is 10.1 Å². The van der Waals surface area contributed by atoms with Crippen molar-refractivity contribution in [3.05, 3.63) is 29.8 Å². The maximum absolute atomic E-state index is 12.1. The van der Waals surface area contributed by atoms with E-state index in [-0.39, 0.29) is 17.7 Å². The van der Waals surface area contributed by atoms with Crippen molar-refractivity contribution in [3.63, 3.8) is 0 Å². The molecule has 1 aliphatic rings. The Morgan fingerprint density at radius 2 is 2.21 bits per heavy atom. The lowest BCUT2D eigenvalue weighted by atomic mass is 9.81. The van der Waals surface area contributed by atoms with Crippen LogP contribution in [0.25, 0.3) is 0 Å². The van der Waals surface area contributed by atoms with Crippen LogP contribution in [0, 0.1) is 5.92 Å². The van der Waals surface area contributed by atoms with E-state index in [0.717, 1.165) is 12.8 Å². The molecular weight excluding hydrogens is 254 g/mol. The molecule has 1 aromatic carbocycles. The fourth-order valence-electron chi connectivity index (χ4n) is 2.11. The summed E-state index contributed by atoms with van der Waals surface area (Å²) in [5.74, 6) is 0.105. The monoisotopic (exact) mass is 270 g/mol.